The summed E-state index contributed by atoms with van der Waals surface area (Å²) in [6.45, 7) is 0.124. The summed E-state index contributed by atoms with van der Waals surface area (Å²) in [7, 11) is -3.61. The first-order valence-electron chi connectivity index (χ1n) is 5.81. The Bertz CT molecular complexity index is 670. The number of rotatable bonds is 5. The molecule has 0 bridgehead atoms. The third-order valence-electron chi connectivity index (χ3n) is 2.68. The van der Waals surface area contributed by atoms with Gasteiger partial charge in [-0.25, -0.2) is 18.1 Å². The van der Waals surface area contributed by atoms with E-state index in [1.807, 2.05) is 0 Å². The number of aromatic nitrogens is 1. The average Bonchev–Trinajstić information content (AvgIpc) is 2.46. The zero-order valence-corrected chi connectivity index (χ0v) is 12.0. The molecule has 0 unspecified atom stereocenters. The van der Waals surface area contributed by atoms with Gasteiger partial charge in [-0.05, 0) is 23.3 Å². The summed E-state index contributed by atoms with van der Waals surface area (Å²) >= 11 is 5.62. The second-order valence-electron chi connectivity index (χ2n) is 4.12. The molecule has 1 aromatic heterocycles. The highest BCUT2D eigenvalue weighted by Gasteiger charge is 2.13. The number of hydrogen-bond acceptors (Lipinski definition) is 4. The van der Waals surface area contributed by atoms with Gasteiger partial charge in [0.1, 0.15) is 10.0 Å². The predicted molar refractivity (Wildman–Crippen MR) is 75.6 cm³/mol. The number of aliphatic hydroxyl groups is 1. The van der Waals surface area contributed by atoms with Crippen LogP contribution in [0.4, 0.5) is 0 Å². The van der Waals surface area contributed by atoms with E-state index in [1.54, 1.807) is 24.3 Å². The highest BCUT2D eigenvalue weighted by molar-refractivity contribution is 7.89. The van der Waals surface area contributed by atoms with Gasteiger partial charge in [-0.3, -0.25) is 0 Å². The number of hydrogen-bond donors (Lipinski definition) is 2. The van der Waals surface area contributed by atoms with Gasteiger partial charge in [0.2, 0.25) is 10.0 Å². The fourth-order valence-electron chi connectivity index (χ4n) is 1.55. The summed E-state index contributed by atoms with van der Waals surface area (Å²) in [6.07, 6.45) is 1.21. The third-order valence-corrected chi connectivity index (χ3v) is 4.29. The number of sulfonamides is 1. The van der Waals surface area contributed by atoms with E-state index in [1.165, 1.54) is 18.3 Å². The van der Waals surface area contributed by atoms with E-state index in [-0.39, 0.29) is 23.2 Å². The third kappa shape index (κ3) is 3.77. The zero-order chi connectivity index (χ0) is 14.6. The lowest BCUT2D eigenvalue weighted by atomic mass is 10.1. The molecule has 7 heteroatoms. The van der Waals surface area contributed by atoms with Gasteiger partial charge in [0.15, 0.2) is 0 Å². The second kappa shape index (κ2) is 6.32. The van der Waals surface area contributed by atoms with Crippen LogP contribution in [-0.2, 0) is 23.2 Å². The number of halogens is 1. The summed E-state index contributed by atoms with van der Waals surface area (Å²) in [5.41, 5.74) is 1.58. The zero-order valence-electron chi connectivity index (χ0n) is 10.5. The minimum absolute atomic E-state index is 0.0392. The molecule has 5 nitrogen and oxygen atoms in total. The van der Waals surface area contributed by atoms with Gasteiger partial charge in [-0.15, -0.1) is 0 Å². The molecule has 0 spiro atoms. The highest BCUT2D eigenvalue weighted by atomic mass is 35.5. The Kier molecular flexibility index (Phi) is 4.72. The van der Waals surface area contributed by atoms with Gasteiger partial charge >= 0.3 is 0 Å². The Hall–Kier alpha value is -1.47. The molecule has 0 saturated carbocycles. The summed E-state index contributed by atoms with van der Waals surface area (Å²) < 4.78 is 26.5. The maximum atomic E-state index is 12.0. The molecule has 0 aliphatic carbocycles. The van der Waals surface area contributed by atoms with Crippen LogP contribution < -0.4 is 4.72 Å². The summed E-state index contributed by atoms with van der Waals surface area (Å²) in [4.78, 5) is 3.81. The fraction of sp³-hybridized carbons (Fsp3) is 0.154. The van der Waals surface area contributed by atoms with Crippen molar-refractivity contribution < 1.29 is 13.5 Å². The molecule has 106 valence electrons. The van der Waals surface area contributed by atoms with Crippen molar-refractivity contribution in [2.45, 2.75) is 18.0 Å². The number of nitrogens with one attached hydrogen (secondary N) is 1. The first kappa shape index (κ1) is 14.9. The van der Waals surface area contributed by atoms with Gasteiger partial charge in [0.25, 0.3) is 0 Å². The van der Waals surface area contributed by atoms with Crippen LogP contribution in [0.2, 0.25) is 5.15 Å². The number of pyridine rings is 1. The first-order chi connectivity index (χ1) is 9.51. The minimum atomic E-state index is -3.61. The second-order valence-corrected chi connectivity index (χ2v) is 6.27. The largest absolute Gasteiger partial charge is 0.392 e. The Morgan fingerprint density at radius 1 is 1.10 bits per heavy atom. The number of benzene rings is 1. The molecule has 2 rings (SSSR count). The van der Waals surface area contributed by atoms with Gasteiger partial charge < -0.3 is 5.11 Å². The SMILES string of the molecule is O=S(=O)(NCc1ccc(CO)cc1)c1ccc(Cl)nc1. The van der Waals surface area contributed by atoms with Crippen molar-refractivity contribution in [2.24, 2.45) is 0 Å². The molecule has 2 N–H and O–H groups in total. The maximum Gasteiger partial charge on any atom is 0.242 e. The lowest BCUT2D eigenvalue weighted by Crippen LogP contribution is -2.23. The van der Waals surface area contributed by atoms with Crippen molar-refractivity contribution in [3.63, 3.8) is 0 Å². The van der Waals surface area contributed by atoms with Crippen molar-refractivity contribution in [1.82, 2.24) is 9.71 Å². The molecule has 0 radical (unpaired) electrons. The van der Waals surface area contributed by atoms with Crippen LogP contribution in [-0.4, -0.2) is 18.5 Å². The fourth-order valence-corrected chi connectivity index (χ4v) is 2.62. The van der Waals surface area contributed by atoms with Gasteiger partial charge in [0, 0.05) is 12.7 Å². The molecule has 0 fully saturated rings. The van der Waals surface area contributed by atoms with E-state index < -0.39 is 10.0 Å². The minimum Gasteiger partial charge on any atom is -0.392 e. The van der Waals surface area contributed by atoms with E-state index in [9.17, 15) is 8.42 Å². The Labute approximate surface area is 122 Å². The molecule has 2 aromatic rings. The number of nitrogens with zero attached hydrogens (tertiary/aromatic N) is 1. The molecule has 0 aliphatic rings. The normalized spacial score (nSPS) is 11.5. The molecule has 0 aliphatic heterocycles. The molecule has 1 heterocycles. The topological polar surface area (TPSA) is 79.3 Å². The molecule has 1 aromatic carbocycles. The lowest BCUT2D eigenvalue weighted by molar-refractivity contribution is 0.282. The quantitative estimate of drug-likeness (QED) is 0.824. The maximum absolute atomic E-state index is 12.0. The van der Waals surface area contributed by atoms with E-state index >= 15 is 0 Å². The van der Waals surface area contributed by atoms with Crippen molar-refractivity contribution in [3.8, 4) is 0 Å². The molecular formula is C13H13ClN2O3S. The van der Waals surface area contributed by atoms with Gasteiger partial charge in [-0.1, -0.05) is 35.9 Å². The molecule has 0 amide bonds. The summed E-state index contributed by atoms with van der Waals surface area (Å²) in [5.74, 6) is 0. The molecule has 0 atom stereocenters. The smallest absolute Gasteiger partial charge is 0.242 e. The average molecular weight is 313 g/mol. The standard InChI is InChI=1S/C13H13ClN2O3S/c14-13-6-5-12(8-15-13)20(18,19)16-7-10-1-3-11(9-17)4-2-10/h1-6,8,16-17H,7,9H2. The summed E-state index contributed by atoms with van der Waals surface area (Å²) in [5, 5.41) is 9.17. The Morgan fingerprint density at radius 2 is 1.75 bits per heavy atom. The Balaban J connectivity index is 2.06. The van der Waals surface area contributed by atoms with Crippen LogP contribution in [0.15, 0.2) is 47.5 Å². The van der Waals surface area contributed by atoms with Gasteiger partial charge in [-0.2, -0.15) is 0 Å². The lowest BCUT2D eigenvalue weighted by Gasteiger charge is -2.07. The van der Waals surface area contributed by atoms with Crippen LogP contribution in [0, 0.1) is 0 Å². The van der Waals surface area contributed by atoms with Gasteiger partial charge in [0.05, 0.1) is 6.61 Å². The Morgan fingerprint density at radius 3 is 2.30 bits per heavy atom. The molecular weight excluding hydrogens is 300 g/mol. The highest BCUT2D eigenvalue weighted by Crippen LogP contribution is 2.11. The van der Waals surface area contributed by atoms with Crippen molar-refractivity contribution in [2.75, 3.05) is 0 Å². The van der Waals surface area contributed by atoms with Crippen LogP contribution in [0.25, 0.3) is 0 Å². The monoisotopic (exact) mass is 312 g/mol. The van der Waals surface area contributed by atoms with E-state index in [2.05, 4.69) is 9.71 Å². The van der Waals surface area contributed by atoms with Crippen molar-refractivity contribution >= 4 is 21.6 Å². The van der Waals surface area contributed by atoms with Crippen LogP contribution in [0.5, 0.6) is 0 Å². The van der Waals surface area contributed by atoms with Crippen molar-refractivity contribution in [3.05, 3.63) is 58.9 Å². The van der Waals surface area contributed by atoms with E-state index in [0.717, 1.165) is 11.1 Å². The van der Waals surface area contributed by atoms with Crippen LogP contribution in [0.1, 0.15) is 11.1 Å². The van der Waals surface area contributed by atoms with E-state index in [0.29, 0.717) is 0 Å². The molecule has 20 heavy (non-hydrogen) atoms. The van der Waals surface area contributed by atoms with Crippen LogP contribution in [0.3, 0.4) is 0 Å². The van der Waals surface area contributed by atoms with Crippen molar-refractivity contribution in [1.29, 1.82) is 0 Å². The predicted octanol–water partition coefficient (Wildman–Crippen LogP) is 1.71. The summed E-state index contributed by atoms with van der Waals surface area (Å²) in [6, 6.07) is 9.82. The molecule has 0 saturated heterocycles. The van der Waals surface area contributed by atoms with Crippen LogP contribution >= 0.6 is 11.6 Å². The first-order valence-corrected chi connectivity index (χ1v) is 7.67. The van der Waals surface area contributed by atoms with E-state index in [4.69, 9.17) is 16.7 Å². The number of aliphatic hydroxyl groups excluding tert-OH is 1.